The topological polar surface area (TPSA) is 60.5 Å². The summed E-state index contributed by atoms with van der Waals surface area (Å²) in [6.07, 6.45) is -2.78. The van der Waals surface area contributed by atoms with Gasteiger partial charge in [0.1, 0.15) is 12.4 Å². The van der Waals surface area contributed by atoms with Gasteiger partial charge in [-0.2, -0.15) is 13.2 Å². The van der Waals surface area contributed by atoms with Crippen LogP contribution in [-0.4, -0.2) is 61.9 Å². The van der Waals surface area contributed by atoms with Crippen LogP contribution in [0, 0.1) is 0 Å². The number of hydrogen-bond acceptors (Lipinski definition) is 4. The first-order chi connectivity index (χ1) is 10.8. The third-order valence-corrected chi connectivity index (χ3v) is 3.54. The van der Waals surface area contributed by atoms with E-state index >= 15 is 0 Å². The third kappa shape index (κ3) is 5.93. The van der Waals surface area contributed by atoms with Crippen LogP contribution in [-0.2, 0) is 6.54 Å². The second-order valence-electron chi connectivity index (χ2n) is 5.46. The summed E-state index contributed by atoms with van der Waals surface area (Å²) in [5.41, 5.74) is 0.788. The molecule has 0 atom stereocenters. The number of pyridine rings is 1. The van der Waals surface area contributed by atoms with Gasteiger partial charge in [-0.1, -0.05) is 0 Å². The molecular formula is C14H20F3N5O. The minimum Gasteiger partial charge on any atom is -0.354 e. The van der Waals surface area contributed by atoms with E-state index in [0.717, 1.165) is 37.6 Å². The number of carbonyl (C=O) groups is 1. The van der Waals surface area contributed by atoms with Crippen molar-refractivity contribution in [2.24, 2.45) is 0 Å². The molecule has 2 amide bonds. The number of nitrogens with one attached hydrogen (secondary N) is 2. The van der Waals surface area contributed by atoms with Crippen molar-refractivity contribution in [3.63, 3.8) is 0 Å². The normalized spacial score (nSPS) is 16.3. The Kier molecular flexibility index (Phi) is 5.64. The second-order valence-corrected chi connectivity index (χ2v) is 5.46. The number of alkyl halides is 3. The molecule has 0 bridgehead atoms. The van der Waals surface area contributed by atoms with E-state index in [2.05, 4.69) is 27.1 Å². The first kappa shape index (κ1) is 17.3. The quantitative estimate of drug-likeness (QED) is 0.870. The van der Waals surface area contributed by atoms with E-state index in [1.165, 1.54) is 0 Å². The van der Waals surface area contributed by atoms with Gasteiger partial charge in [0.15, 0.2) is 0 Å². The molecule has 2 rings (SSSR count). The predicted octanol–water partition coefficient (Wildman–Crippen LogP) is 1.19. The van der Waals surface area contributed by atoms with E-state index in [9.17, 15) is 18.0 Å². The van der Waals surface area contributed by atoms with Gasteiger partial charge in [0.05, 0.1) is 0 Å². The van der Waals surface area contributed by atoms with Gasteiger partial charge in [-0.15, -0.1) is 0 Å². The van der Waals surface area contributed by atoms with Crippen molar-refractivity contribution in [3.8, 4) is 0 Å². The molecule has 23 heavy (non-hydrogen) atoms. The zero-order valence-corrected chi connectivity index (χ0v) is 12.9. The van der Waals surface area contributed by atoms with E-state index in [-0.39, 0.29) is 6.54 Å². The van der Waals surface area contributed by atoms with Crippen molar-refractivity contribution < 1.29 is 18.0 Å². The van der Waals surface area contributed by atoms with E-state index in [1.54, 1.807) is 17.6 Å². The van der Waals surface area contributed by atoms with Crippen LogP contribution in [0.4, 0.5) is 23.8 Å². The standard InChI is InChI=1S/C14H20F3N5O/c1-21-4-6-22(7-5-21)12-8-11(2-3-18-12)9-19-13(23)20-10-14(15,16)17/h2-3,8H,4-7,9-10H2,1H3,(H2,19,20,23). The summed E-state index contributed by atoms with van der Waals surface area (Å²) in [7, 11) is 2.06. The summed E-state index contributed by atoms with van der Waals surface area (Å²) in [6.45, 7) is 2.43. The number of rotatable bonds is 4. The van der Waals surface area contributed by atoms with Gasteiger partial charge < -0.3 is 20.4 Å². The summed E-state index contributed by atoms with van der Waals surface area (Å²) >= 11 is 0. The van der Waals surface area contributed by atoms with Gasteiger partial charge in [0, 0.05) is 38.9 Å². The highest BCUT2D eigenvalue weighted by molar-refractivity contribution is 5.73. The molecule has 1 aliphatic rings. The Morgan fingerprint density at radius 1 is 1.26 bits per heavy atom. The number of aromatic nitrogens is 1. The van der Waals surface area contributed by atoms with Crippen LogP contribution in [0.1, 0.15) is 5.56 Å². The molecule has 1 aromatic heterocycles. The Labute approximate surface area is 132 Å². The lowest BCUT2D eigenvalue weighted by atomic mass is 10.2. The largest absolute Gasteiger partial charge is 0.405 e. The maximum Gasteiger partial charge on any atom is 0.405 e. The number of likely N-dealkylation sites (N-methyl/N-ethyl adjacent to an activating group) is 1. The van der Waals surface area contributed by atoms with Gasteiger partial charge in [-0.05, 0) is 24.7 Å². The Bertz CT molecular complexity index is 529. The minimum atomic E-state index is -4.41. The maximum absolute atomic E-state index is 12.0. The fourth-order valence-electron chi connectivity index (χ4n) is 2.20. The SMILES string of the molecule is CN1CCN(c2cc(CNC(=O)NCC(F)(F)F)ccn2)CC1. The Hall–Kier alpha value is -2.03. The molecule has 1 aromatic rings. The van der Waals surface area contributed by atoms with Crippen molar-refractivity contribution in [3.05, 3.63) is 23.9 Å². The van der Waals surface area contributed by atoms with Gasteiger partial charge in [0.2, 0.25) is 0 Å². The second kappa shape index (κ2) is 7.49. The zero-order valence-electron chi connectivity index (χ0n) is 12.9. The van der Waals surface area contributed by atoms with Gasteiger partial charge in [-0.3, -0.25) is 0 Å². The van der Waals surface area contributed by atoms with E-state index in [1.807, 2.05) is 6.07 Å². The van der Waals surface area contributed by atoms with Crippen molar-refractivity contribution in [1.29, 1.82) is 0 Å². The molecule has 2 heterocycles. The smallest absolute Gasteiger partial charge is 0.354 e. The molecular weight excluding hydrogens is 311 g/mol. The monoisotopic (exact) mass is 331 g/mol. The average molecular weight is 331 g/mol. The van der Waals surface area contributed by atoms with Gasteiger partial charge in [0.25, 0.3) is 0 Å². The molecule has 1 aliphatic heterocycles. The molecule has 0 unspecified atom stereocenters. The van der Waals surface area contributed by atoms with Crippen LogP contribution < -0.4 is 15.5 Å². The number of piperazine rings is 1. The lowest BCUT2D eigenvalue weighted by molar-refractivity contribution is -0.122. The van der Waals surface area contributed by atoms with Gasteiger partial charge >= 0.3 is 12.2 Å². The van der Waals surface area contributed by atoms with Crippen molar-refractivity contribution in [1.82, 2.24) is 20.5 Å². The fraction of sp³-hybridized carbons (Fsp3) is 0.571. The fourth-order valence-corrected chi connectivity index (χ4v) is 2.20. The lowest BCUT2D eigenvalue weighted by Crippen LogP contribution is -2.44. The molecule has 1 fully saturated rings. The van der Waals surface area contributed by atoms with E-state index in [4.69, 9.17) is 0 Å². The van der Waals surface area contributed by atoms with Crippen molar-refractivity contribution in [2.75, 3.05) is 44.7 Å². The van der Waals surface area contributed by atoms with Crippen LogP contribution in [0.15, 0.2) is 18.3 Å². The van der Waals surface area contributed by atoms with E-state index in [0.29, 0.717) is 0 Å². The molecule has 0 saturated carbocycles. The first-order valence-corrected chi connectivity index (χ1v) is 7.30. The number of amides is 2. The number of anilines is 1. The van der Waals surface area contributed by atoms with Crippen LogP contribution in [0.2, 0.25) is 0 Å². The lowest BCUT2D eigenvalue weighted by Gasteiger charge is -2.33. The summed E-state index contributed by atoms with van der Waals surface area (Å²) in [5, 5.41) is 4.17. The number of carbonyl (C=O) groups excluding carboxylic acids is 1. The zero-order chi connectivity index (χ0) is 16.9. The summed E-state index contributed by atoms with van der Waals surface area (Å²) in [4.78, 5) is 20.0. The number of halogens is 3. The van der Waals surface area contributed by atoms with Crippen molar-refractivity contribution in [2.45, 2.75) is 12.7 Å². The molecule has 6 nitrogen and oxygen atoms in total. The summed E-state index contributed by atoms with van der Waals surface area (Å²) < 4.78 is 36.0. The molecule has 0 aliphatic carbocycles. The van der Waals surface area contributed by atoms with Crippen LogP contribution >= 0.6 is 0 Å². The summed E-state index contributed by atoms with van der Waals surface area (Å²) in [6, 6.07) is 2.72. The number of hydrogen-bond donors (Lipinski definition) is 2. The highest BCUT2D eigenvalue weighted by atomic mass is 19.4. The Balaban J connectivity index is 1.84. The molecule has 2 N–H and O–H groups in total. The average Bonchev–Trinajstić information content (AvgIpc) is 2.51. The molecule has 128 valence electrons. The molecule has 0 aromatic carbocycles. The van der Waals surface area contributed by atoms with Crippen LogP contribution in [0.25, 0.3) is 0 Å². The number of urea groups is 1. The Morgan fingerprint density at radius 2 is 1.96 bits per heavy atom. The van der Waals surface area contributed by atoms with Crippen LogP contribution in [0.5, 0.6) is 0 Å². The third-order valence-electron chi connectivity index (χ3n) is 3.54. The Morgan fingerprint density at radius 3 is 2.61 bits per heavy atom. The first-order valence-electron chi connectivity index (χ1n) is 7.30. The van der Waals surface area contributed by atoms with Crippen molar-refractivity contribution >= 4 is 11.8 Å². The number of nitrogens with zero attached hydrogens (tertiary/aromatic N) is 3. The highest BCUT2D eigenvalue weighted by Crippen LogP contribution is 2.15. The minimum absolute atomic E-state index is 0.146. The van der Waals surface area contributed by atoms with Crippen LogP contribution in [0.3, 0.4) is 0 Å². The maximum atomic E-state index is 12.0. The molecule has 0 radical (unpaired) electrons. The predicted molar refractivity (Wildman–Crippen MR) is 80.2 cm³/mol. The molecule has 1 saturated heterocycles. The van der Waals surface area contributed by atoms with E-state index < -0.39 is 18.8 Å². The molecule has 9 heteroatoms. The summed E-state index contributed by atoms with van der Waals surface area (Å²) in [5.74, 6) is 0.813. The van der Waals surface area contributed by atoms with Gasteiger partial charge in [-0.25, -0.2) is 9.78 Å². The molecule has 0 spiro atoms. The highest BCUT2D eigenvalue weighted by Gasteiger charge is 2.27.